The zero-order valence-electron chi connectivity index (χ0n) is 18.4. The Hall–Kier alpha value is -2.15. The van der Waals surface area contributed by atoms with Gasteiger partial charge >= 0.3 is 0 Å². The molecule has 2 heterocycles. The molecule has 1 N–H and O–H groups in total. The molecule has 0 fully saturated rings. The second-order valence-corrected chi connectivity index (χ2v) is 9.36. The molecule has 1 aliphatic carbocycles. The summed E-state index contributed by atoms with van der Waals surface area (Å²) in [5, 5.41) is 2.79. The summed E-state index contributed by atoms with van der Waals surface area (Å²) >= 11 is 0. The number of aromatic nitrogens is 2. The summed E-state index contributed by atoms with van der Waals surface area (Å²) in [5.41, 5.74) is 1.04. The summed E-state index contributed by atoms with van der Waals surface area (Å²) in [6.45, 7) is 8.54. The van der Waals surface area contributed by atoms with E-state index in [1.165, 1.54) is 0 Å². The Morgan fingerprint density at radius 1 is 1.28 bits per heavy atom. The molecular weight excluding hydrogens is 366 g/mol. The molecule has 0 radical (unpaired) electrons. The molecule has 2 aliphatic rings. The number of carbonyl (C=O) groups is 2. The molecule has 1 aromatic heterocycles. The lowest BCUT2D eigenvalue weighted by Gasteiger charge is -2.43. The fraction of sp³-hybridized carbons (Fsp3) is 0.682. The SMILES string of the molecule is CNC(=O)[C@@H](N(C(=O)c1ncn2c1CN(C)CC2)[C@@H]1CC=CCCC1)C(C)(C)C. The minimum Gasteiger partial charge on any atom is -0.357 e. The topological polar surface area (TPSA) is 70.5 Å². The van der Waals surface area contributed by atoms with Gasteiger partial charge in [0, 0.05) is 32.7 Å². The van der Waals surface area contributed by atoms with Gasteiger partial charge in [-0.2, -0.15) is 0 Å². The van der Waals surface area contributed by atoms with Gasteiger partial charge in [-0.3, -0.25) is 14.5 Å². The highest BCUT2D eigenvalue weighted by Crippen LogP contribution is 2.32. The van der Waals surface area contributed by atoms with Crippen LogP contribution < -0.4 is 5.32 Å². The first kappa shape index (κ1) is 21.6. The number of hydrogen-bond acceptors (Lipinski definition) is 4. The van der Waals surface area contributed by atoms with Crippen molar-refractivity contribution in [2.24, 2.45) is 5.41 Å². The molecule has 3 rings (SSSR count). The van der Waals surface area contributed by atoms with E-state index < -0.39 is 11.5 Å². The van der Waals surface area contributed by atoms with E-state index in [1.807, 2.05) is 25.7 Å². The van der Waals surface area contributed by atoms with E-state index in [0.29, 0.717) is 12.2 Å². The van der Waals surface area contributed by atoms with Gasteiger partial charge in [-0.05, 0) is 38.1 Å². The minimum absolute atomic E-state index is 0.0126. The third-order valence-corrected chi connectivity index (χ3v) is 6.00. The van der Waals surface area contributed by atoms with Crippen molar-refractivity contribution in [2.45, 2.75) is 71.6 Å². The zero-order chi connectivity index (χ0) is 21.2. The van der Waals surface area contributed by atoms with E-state index >= 15 is 0 Å². The fourth-order valence-corrected chi connectivity index (χ4v) is 4.46. The fourth-order valence-electron chi connectivity index (χ4n) is 4.46. The molecule has 0 bridgehead atoms. The van der Waals surface area contributed by atoms with E-state index in [2.05, 4.69) is 39.0 Å². The van der Waals surface area contributed by atoms with E-state index in [1.54, 1.807) is 13.4 Å². The first-order valence-electron chi connectivity index (χ1n) is 10.7. The van der Waals surface area contributed by atoms with Crippen LogP contribution in [0.5, 0.6) is 0 Å². The lowest BCUT2D eigenvalue weighted by atomic mass is 9.83. The van der Waals surface area contributed by atoms with Crippen molar-refractivity contribution in [2.75, 3.05) is 20.6 Å². The van der Waals surface area contributed by atoms with Crippen molar-refractivity contribution < 1.29 is 9.59 Å². The number of carbonyl (C=O) groups excluding carboxylic acids is 2. The summed E-state index contributed by atoms with van der Waals surface area (Å²) < 4.78 is 2.07. The normalized spacial score (nSPS) is 21.2. The molecule has 0 unspecified atom stereocenters. The molecule has 2 amide bonds. The quantitative estimate of drug-likeness (QED) is 0.787. The number of likely N-dealkylation sites (N-methyl/N-ethyl adjacent to an activating group) is 2. The van der Waals surface area contributed by atoms with Gasteiger partial charge in [0.05, 0.1) is 12.0 Å². The van der Waals surface area contributed by atoms with Crippen LogP contribution in [0.1, 0.15) is 62.6 Å². The molecule has 1 aromatic rings. The first-order chi connectivity index (χ1) is 13.7. The first-order valence-corrected chi connectivity index (χ1v) is 10.7. The zero-order valence-corrected chi connectivity index (χ0v) is 18.4. The number of amides is 2. The lowest BCUT2D eigenvalue weighted by Crippen LogP contribution is -2.58. The second kappa shape index (κ2) is 8.69. The Bertz CT molecular complexity index is 777. The predicted molar refractivity (Wildman–Crippen MR) is 113 cm³/mol. The van der Waals surface area contributed by atoms with Gasteiger partial charge in [-0.25, -0.2) is 4.98 Å². The van der Waals surface area contributed by atoms with Gasteiger partial charge in [0.15, 0.2) is 5.69 Å². The molecule has 0 aromatic carbocycles. The highest BCUT2D eigenvalue weighted by atomic mass is 16.2. The van der Waals surface area contributed by atoms with Crippen LogP contribution in [0, 0.1) is 5.41 Å². The van der Waals surface area contributed by atoms with Crippen LogP contribution in [-0.2, 0) is 17.9 Å². The molecule has 2 atom stereocenters. The number of hydrogen-bond donors (Lipinski definition) is 1. The lowest BCUT2D eigenvalue weighted by molar-refractivity contribution is -0.129. The molecule has 0 saturated carbocycles. The largest absolute Gasteiger partial charge is 0.357 e. The van der Waals surface area contributed by atoms with Gasteiger partial charge in [0.2, 0.25) is 5.91 Å². The van der Waals surface area contributed by atoms with Crippen molar-refractivity contribution in [3.8, 4) is 0 Å². The summed E-state index contributed by atoms with van der Waals surface area (Å²) in [6, 6.07) is -0.573. The monoisotopic (exact) mass is 401 g/mol. The second-order valence-electron chi connectivity index (χ2n) is 9.36. The van der Waals surface area contributed by atoms with Crippen LogP contribution in [0.15, 0.2) is 18.5 Å². The molecule has 160 valence electrons. The van der Waals surface area contributed by atoms with Gasteiger partial charge in [0.25, 0.3) is 5.91 Å². The van der Waals surface area contributed by atoms with Gasteiger partial charge in [-0.15, -0.1) is 0 Å². The number of allylic oxidation sites excluding steroid dienone is 1. The maximum atomic E-state index is 13.9. The molecular formula is C22H35N5O2. The summed E-state index contributed by atoms with van der Waals surface area (Å²) in [6.07, 6.45) is 9.79. The average molecular weight is 402 g/mol. The highest BCUT2D eigenvalue weighted by molar-refractivity contribution is 5.97. The molecule has 0 spiro atoms. The number of nitrogens with one attached hydrogen (secondary N) is 1. The van der Waals surface area contributed by atoms with Crippen molar-refractivity contribution in [1.29, 1.82) is 0 Å². The maximum Gasteiger partial charge on any atom is 0.275 e. The third-order valence-electron chi connectivity index (χ3n) is 6.00. The van der Waals surface area contributed by atoms with Crippen molar-refractivity contribution in [3.05, 3.63) is 29.9 Å². The molecule has 1 aliphatic heterocycles. The Labute approximate surface area is 174 Å². The molecule has 29 heavy (non-hydrogen) atoms. The van der Waals surface area contributed by atoms with E-state index in [0.717, 1.165) is 44.5 Å². The van der Waals surface area contributed by atoms with Crippen LogP contribution in [0.25, 0.3) is 0 Å². The van der Waals surface area contributed by atoms with Crippen LogP contribution in [0.4, 0.5) is 0 Å². The minimum atomic E-state index is -0.560. The summed E-state index contributed by atoms with van der Waals surface area (Å²) in [4.78, 5) is 35.5. The molecule has 7 nitrogen and oxygen atoms in total. The van der Waals surface area contributed by atoms with Crippen molar-refractivity contribution >= 4 is 11.8 Å². The molecule has 7 heteroatoms. The van der Waals surface area contributed by atoms with Gasteiger partial charge in [-0.1, -0.05) is 32.9 Å². The average Bonchev–Trinajstić information content (AvgIpc) is 2.89. The van der Waals surface area contributed by atoms with Crippen LogP contribution in [-0.4, -0.2) is 63.9 Å². The Morgan fingerprint density at radius 3 is 2.72 bits per heavy atom. The van der Waals surface area contributed by atoms with Gasteiger partial charge < -0.3 is 14.8 Å². The van der Waals surface area contributed by atoms with E-state index in [4.69, 9.17) is 0 Å². The smallest absolute Gasteiger partial charge is 0.275 e. The number of imidazole rings is 1. The van der Waals surface area contributed by atoms with Crippen molar-refractivity contribution in [1.82, 2.24) is 24.7 Å². The Morgan fingerprint density at radius 2 is 2.03 bits per heavy atom. The van der Waals surface area contributed by atoms with Crippen LogP contribution in [0.3, 0.4) is 0 Å². The van der Waals surface area contributed by atoms with Crippen LogP contribution in [0.2, 0.25) is 0 Å². The Balaban J connectivity index is 2.05. The number of rotatable bonds is 4. The third kappa shape index (κ3) is 4.55. The number of nitrogens with zero attached hydrogens (tertiary/aromatic N) is 4. The molecule has 0 saturated heterocycles. The summed E-state index contributed by atoms with van der Waals surface area (Å²) in [5.74, 6) is -0.248. The van der Waals surface area contributed by atoms with Crippen molar-refractivity contribution in [3.63, 3.8) is 0 Å². The number of fused-ring (bicyclic) bond motifs is 1. The van der Waals surface area contributed by atoms with E-state index in [-0.39, 0.29) is 17.9 Å². The predicted octanol–water partition coefficient (Wildman–Crippen LogP) is 2.43. The van der Waals surface area contributed by atoms with E-state index in [9.17, 15) is 9.59 Å². The Kier molecular flexibility index (Phi) is 6.46. The maximum absolute atomic E-state index is 13.9. The van der Waals surface area contributed by atoms with Gasteiger partial charge in [0.1, 0.15) is 6.04 Å². The summed E-state index contributed by atoms with van der Waals surface area (Å²) in [7, 11) is 3.70. The highest BCUT2D eigenvalue weighted by Gasteiger charge is 2.43. The van der Waals surface area contributed by atoms with Crippen LogP contribution >= 0.6 is 0 Å². The standard InChI is InChI=1S/C22H35N5O2/c1-22(2,3)19(20(28)23-4)27(16-10-8-6-7-9-11-16)21(29)18-17-14-25(5)12-13-26(17)15-24-18/h6,8,15-16,19H,7,9-14H2,1-5H3,(H,23,28)/t16-,19-/m1/s1.